The number of benzene rings is 2. The average Bonchev–Trinajstić information content (AvgIpc) is 2.55. The molecule has 0 aliphatic carbocycles. The number of hydrogen-bond donors (Lipinski definition) is 0. The van der Waals surface area contributed by atoms with Crippen molar-refractivity contribution >= 4 is 22.5 Å². The lowest BCUT2D eigenvalue weighted by molar-refractivity contribution is 0.596. The fourth-order valence-corrected chi connectivity index (χ4v) is 2.84. The monoisotopic (exact) mass is 330 g/mol. The maximum atomic E-state index is 14.3. The Balaban J connectivity index is 2.48. The minimum absolute atomic E-state index is 0.00527. The van der Waals surface area contributed by atoms with Gasteiger partial charge in [-0.25, -0.2) is 9.37 Å². The van der Waals surface area contributed by atoms with Crippen molar-refractivity contribution in [3.63, 3.8) is 0 Å². The van der Waals surface area contributed by atoms with Gasteiger partial charge in [0.25, 0.3) is 5.56 Å². The predicted molar refractivity (Wildman–Crippen MR) is 91.0 cm³/mol. The minimum atomic E-state index is -0.465. The molecule has 2 aromatic carbocycles. The first kappa shape index (κ1) is 15.7. The fourth-order valence-electron chi connectivity index (χ4n) is 2.59. The van der Waals surface area contributed by atoms with Gasteiger partial charge in [0.15, 0.2) is 0 Å². The number of aromatic nitrogens is 2. The van der Waals surface area contributed by atoms with Crippen LogP contribution in [0.1, 0.15) is 32.0 Å². The molecular formula is C18H16ClFN2O. The van der Waals surface area contributed by atoms with E-state index in [1.165, 1.54) is 10.6 Å². The van der Waals surface area contributed by atoms with Crippen LogP contribution in [0, 0.1) is 5.82 Å². The van der Waals surface area contributed by atoms with Crippen molar-refractivity contribution in [2.45, 2.75) is 26.2 Å². The summed E-state index contributed by atoms with van der Waals surface area (Å²) in [6.07, 6.45) is 0.785. The van der Waals surface area contributed by atoms with Crippen molar-refractivity contribution in [2.24, 2.45) is 0 Å². The van der Waals surface area contributed by atoms with Gasteiger partial charge in [-0.2, -0.15) is 0 Å². The third-order valence-electron chi connectivity index (χ3n) is 4.02. The normalized spacial score (nSPS) is 12.5. The summed E-state index contributed by atoms with van der Waals surface area (Å²) in [5, 5.41) is 0.630. The summed E-state index contributed by atoms with van der Waals surface area (Å²) in [5.74, 6) is 0.0791. The van der Waals surface area contributed by atoms with Gasteiger partial charge >= 0.3 is 0 Å². The fraction of sp³-hybridized carbons (Fsp3) is 0.222. The van der Waals surface area contributed by atoms with Crippen LogP contribution in [-0.2, 0) is 0 Å². The van der Waals surface area contributed by atoms with Crippen LogP contribution in [0.15, 0.2) is 47.3 Å². The van der Waals surface area contributed by atoms with Crippen molar-refractivity contribution in [1.82, 2.24) is 9.55 Å². The molecule has 3 nitrogen and oxygen atoms in total. The standard InChI is InChI=1S/C18H16ClFN2O/c1-3-11(2)17-21-14-9-6-7-12(19)16(14)18(23)22(17)15-10-5-4-8-13(15)20/h4-11H,3H2,1-2H3. The Morgan fingerprint density at radius 1 is 1.22 bits per heavy atom. The van der Waals surface area contributed by atoms with Crippen LogP contribution >= 0.6 is 11.6 Å². The zero-order chi connectivity index (χ0) is 16.6. The van der Waals surface area contributed by atoms with Crippen molar-refractivity contribution in [1.29, 1.82) is 0 Å². The van der Waals surface area contributed by atoms with E-state index in [0.717, 1.165) is 6.42 Å². The average molecular weight is 331 g/mol. The molecule has 3 aromatic rings. The predicted octanol–water partition coefficient (Wildman–Crippen LogP) is 4.69. The van der Waals surface area contributed by atoms with Gasteiger partial charge in [0.2, 0.25) is 0 Å². The minimum Gasteiger partial charge on any atom is -0.268 e. The maximum absolute atomic E-state index is 14.3. The van der Waals surface area contributed by atoms with E-state index >= 15 is 0 Å². The Morgan fingerprint density at radius 3 is 2.65 bits per heavy atom. The third-order valence-corrected chi connectivity index (χ3v) is 4.33. The van der Waals surface area contributed by atoms with Crippen LogP contribution in [-0.4, -0.2) is 9.55 Å². The second kappa shape index (κ2) is 6.13. The van der Waals surface area contributed by atoms with Crippen LogP contribution in [0.2, 0.25) is 5.02 Å². The zero-order valence-electron chi connectivity index (χ0n) is 12.9. The molecule has 23 heavy (non-hydrogen) atoms. The SMILES string of the molecule is CCC(C)c1nc2cccc(Cl)c2c(=O)n1-c1ccccc1F. The van der Waals surface area contributed by atoms with E-state index < -0.39 is 5.82 Å². The molecule has 118 valence electrons. The molecule has 5 heteroatoms. The Labute approximate surface area is 138 Å². The molecule has 0 saturated heterocycles. The van der Waals surface area contributed by atoms with Crippen LogP contribution in [0.25, 0.3) is 16.6 Å². The first-order valence-corrected chi connectivity index (χ1v) is 7.88. The molecule has 0 bridgehead atoms. The molecule has 0 aliphatic rings. The van der Waals surface area contributed by atoms with Gasteiger partial charge in [-0.05, 0) is 30.7 Å². The molecular weight excluding hydrogens is 315 g/mol. The molecule has 0 aliphatic heterocycles. The largest absolute Gasteiger partial charge is 0.268 e. The van der Waals surface area contributed by atoms with E-state index in [-0.39, 0.29) is 17.2 Å². The van der Waals surface area contributed by atoms with Gasteiger partial charge in [-0.15, -0.1) is 0 Å². The lowest BCUT2D eigenvalue weighted by atomic mass is 10.1. The lowest BCUT2D eigenvalue weighted by Crippen LogP contribution is -2.26. The molecule has 0 spiro atoms. The van der Waals surface area contributed by atoms with Crippen LogP contribution in [0.5, 0.6) is 0 Å². The highest BCUT2D eigenvalue weighted by molar-refractivity contribution is 6.35. The summed E-state index contributed by atoms with van der Waals surface area (Å²) in [4.78, 5) is 17.6. The molecule has 0 N–H and O–H groups in total. The molecule has 1 unspecified atom stereocenters. The topological polar surface area (TPSA) is 34.9 Å². The summed E-state index contributed by atoms with van der Waals surface area (Å²) in [6.45, 7) is 3.97. The highest BCUT2D eigenvalue weighted by Gasteiger charge is 2.19. The Kier molecular flexibility index (Phi) is 4.18. The number of hydrogen-bond acceptors (Lipinski definition) is 2. The third kappa shape index (κ3) is 2.63. The Hall–Kier alpha value is -2.20. The highest BCUT2D eigenvalue weighted by atomic mass is 35.5. The molecule has 1 aromatic heterocycles. The van der Waals surface area contributed by atoms with Gasteiger partial charge in [-0.1, -0.05) is 43.6 Å². The molecule has 0 radical (unpaired) electrons. The van der Waals surface area contributed by atoms with Crippen LogP contribution in [0.3, 0.4) is 0 Å². The summed E-state index contributed by atoms with van der Waals surface area (Å²) in [5.41, 5.74) is 0.383. The van der Waals surface area contributed by atoms with Crippen molar-refractivity contribution in [2.75, 3.05) is 0 Å². The summed E-state index contributed by atoms with van der Waals surface area (Å²) >= 11 is 6.18. The van der Waals surface area contributed by atoms with E-state index in [9.17, 15) is 9.18 Å². The molecule has 0 saturated carbocycles. The van der Waals surface area contributed by atoms with Crippen molar-refractivity contribution in [3.8, 4) is 5.69 Å². The Morgan fingerprint density at radius 2 is 1.96 bits per heavy atom. The second-order valence-corrected chi connectivity index (χ2v) is 5.91. The molecule has 0 fully saturated rings. The van der Waals surface area contributed by atoms with Crippen LogP contribution in [0.4, 0.5) is 4.39 Å². The van der Waals surface area contributed by atoms with Crippen molar-refractivity contribution < 1.29 is 4.39 Å². The zero-order valence-corrected chi connectivity index (χ0v) is 13.6. The van der Waals surface area contributed by atoms with Gasteiger partial charge < -0.3 is 0 Å². The smallest absolute Gasteiger partial charge is 0.267 e. The summed E-state index contributed by atoms with van der Waals surface area (Å²) < 4.78 is 15.6. The van der Waals surface area contributed by atoms with Gasteiger partial charge in [0.05, 0.1) is 21.6 Å². The van der Waals surface area contributed by atoms with E-state index in [4.69, 9.17) is 11.6 Å². The van der Waals surface area contributed by atoms with Gasteiger partial charge in [0, 0.05) is 5.92 Å². The van der Waals surface area contributed by atoms with Gasteiger partial charge in [-0.3, -0.25) is 9.36 Å². The second-order valence-electron chi connectivity index (χ2n) is 5.51. The molecule has 0 amide bonds. The van der Waals surface area contributed by atoms with Crippen LogP contribution < -0.4 is 5.56 Å². The summed E-state index contributed by atoms with van der Waals surface area (Å²) in [6, 6.07) is 11.3. The highest BCUT2D eigenvalue weighted by Crippen LogP contribution is 2.25. The Bertz CT molecular complexity index is 936. The molecule has 1 atom stereocenters. The number of rotatable bonds is 3. The maximum Gasteiger partial charge on any atom is 0.267 e. The quantitative estimate of drug-likeness (QED) is 0.698. The number of para-hydroxylation sites is 1. The van der Waals surface area contributed by atoms with E-state index in [2.05, 4.69) is 4.98 Å². The first-order valence-electron chi connectivity index (χ1n) is 7.50. The number of halogens is 2. The number of nitrogens with zero attached hydrogens (tertiary/aromatic N) is 2. The number of fused-ring (bicyclic) bond motifs is 1. The van der Waals surface area contributed by atoms with Gasteiger partial charge in [0.1, 0.15) is 11.6 Å². The van der Waals surface area contributed by atoms with E-state index in [1.54, 1.807) is 36.4 Å². The first-order chi connectivity index (χ1) is 11.0. The summed E-state index contributed by atoms with van der Waals surface area (Å²) in [7, 11) is 0. The molecule has 3 rings (SSSR count). The van der Waals surface area contributed by atoms with E-state index in [1.807, 2.05) is 13.8 Å². The lowest BCUT2D eigenvalue weighted by Gasteiger charge is -2.18. The molecule has 1 heterocycles. The van der Waals surface area contributed by atoms with Crippen molar-refractivity contribution in [3.05, 3.63) is 69.5 Å². The van der Waals surface area contributed by atoms with E-state index in [0.29, 0.717) is 21.7 Å².